The third-order valence-corrected chi connectivity index (χ3v) is 3.07. The van der Waals surface area contributed by atoms with Gasteiger partial charge in [-0.05, 0) is 48.5 Å². The third-order valence-electron chi connectivity index (χ3n) is 2.57. The monoisotopic (exact) mass is 402 g/mol. The van der Waals surface area contributed by atoms with Gasteiger partial charge in [-0.2, -0.15) is 0 Å². The van der Waals surface area contributed by atoms with Crippen LogP contribution in [0.25, 0.3) is 0 Å². The predicted octanol–water partition coefficient (Wildman–Crippen LogP) is -2.25. The molecule has 0 radical (unpaired) electrons. The van der Waals surface area contributed by atoms with E-state index in [4.69, 9.17) is 32.7 Å². The van der Waals surface area contributed by atoms with E-state index in [0.717, 1.165) is 0 Å². The van der Waals surface area contributed by atoms with E-state index in [2.05, 4.69) is 4.74 Å². The number of carbonyl (C=O) groups is 2. The molecule has 0 saturated carbocycles. The molecule has 9 heteroatoms. The Hall–Kier alpha value is -0.240. The Morgan fingerprint density at radius 3 is 1.36 bits per heavy atom. The van der Waals surface area contributed by atoms with Crippen molar-refractivity contribution in [3.05, 3.63) is 58.6 Å². The number of rotatable bonds is 6. The summed E-state index contributed by atoms with van der Waals surface area (Å²) in [5.41, 5.74) is 0. The van der Waals surface area contributed by atoms with Crippen LogP contribution in [0.4, 0.5) is 0 Å². The molecule has 0 aliphatic heterocycles. The molecule has 0 spiro atoms. The third kappa shape index (κ3) is 9.87. The van der Waals surface area contributed by atoms with Crippen LogP contribution in [0.2, 0.25) is 10.0 Å². The van der Waals surface area contributed by atoms with E-state index in [9.17, 15) is 9.59 Å². The van der Waals surface area contributed by atoms with Gasteiger partial charge in [-0.1, -0.05) is 23.2 Å². The molecule has 2 aromatic carbocycles. The van der Waals surface area contributed by atoms with Gasteiger partial charge in [0.05, 0.1) is 0 Å². The van der Waals surface area contributed by atoms with Gasteiger partial charge in [0.2, 0.25) is 0 Å². The van der Waals surface area contributed by atoms with Gasteiger partial charge >= 0.3 is 71.1 Å². The van der Waals surface area contributed by atoms with Crippen LogP contribution in [0.15, 0.2) is 48.5 Å². The van der Waals surface area contributed by atoms with Crippen molar-refractivity contribution in [2.45, 2.75) is 0 Å². The number of hydrogen-bond donors (Lipinski definition) is 0. The Morgan fingerprint density at radius 1 is 0.720 bits per heavy atom. The number of carbonyl (C=O) groups excluding carboxylic acids is 2. The number of esters is 2. The Morgan fingerprint density at radius 2 is 1.04 bits per heavy atom. The summed E-state index contributed by atoms with van der Waals surface area (Å²) >= 11 is 11.4. The summed E-state index contributed by atoms with van der Waals surface area (Å²) in [7, 11) is 0. The smallest absolute Gasteiger partial charge is 1.00 e. The molecule has 124 valence electrons. The summed E-state index contributed by atoms with van der Waals surface area (Å²) in [6.07, 6.45) is 0. The van der Waals surface area contributed by atoms with Crippen LogP contribution in [0, 0.1) is 0 Å². The molecule has 0 atom stereocenters. The van der Waals surface area contributed by atoms with E-state index in [1.165, 1.54) is 0 Å². The van der Waals surface area contributed by atoms with Crippen molar-refractivity contribution in [1.82, 2.24) is 0 Å². The summed E-state index contributed by atoms with van der Waals surface area (Å²) in [6, 6.07) is 12.9. The number of ether oxygens (including phenoxy) is 3. The quantitative estimate of drug-likeness (QED) is 0.310. The number of hydrogen-bond acceptors (Lipinski definition) is 5. The maximum Gasteiger partial charge on any atom is 1.00 e. The van der Waals surface area contributed by atoms with Crippen molar-refractivity contribution in [2.24, 2.45) is 0 Å². The second kappa shape index (κ2) is 13.0. The molecule has 0 amide bonds. The molecule has 0 saturated heterocycles. The number of halogens is 2. The average Bonchev–Trinajstić information content (AvgIpc) is 2.54. The summed E-state index contributed by atoms with van der Waals surface area (Å²) in [4.78, 5) is 23.0. The molecule has 0 aliphatic carbocycles. The van der Waals surface area contributed by atoms with Crippen LogP contribution in [0.1, 0.15) is 2.85 Å². The van der Waals surface area contributed by atoms with E-state index < -0.39 is 25.2 Å². The molecule has 0 bridgehead atoms. The minimum Gasteiger partial charge on any atom is -1.00 e. The van der Waals surface area contributed by atoms with Crippen molar-refractivity contribution in [2.75, 3.05) is 13.2 Å². The SMILES string of the molecule is O=C(COc1ccc(Cl)cc1)OC(=O)COc1ccc(Cl)cc1.[H-].[H-].[Na+].[Na+]. The van der Waals surface area contributed by atoms with Crippen LogP contribution in [-0.2, 0) is 14.3 Å². The normalized spacial score (nSPS) is 9.20. The second-order valence-corrected chi connectivity index (χ2v) is 5.20. The van der Waals surface area contributed by atoms with E-state index in [1.54, 1.807) is 48.5 Å². The van der Waals surface area contributed by atoms with Crippen LogP contribution in [0.3, 0.4) is 0 Å². The van der Waals surface area contributed by atoms with Gasteiger partial charge in [0.15, 0.2) is 13.2 Å². The van der Waals surface area contributed by atoms with E-state index in [1.807, 2.05) is 0 Å². The molecule has 0 aliphatic rings. The van der Waals surface area contributed by atoms with Crippen LogP contribution < -0.4 is 68.6 Å². The van der Waals surface area contributed by atoms with E-state index >= 15 is 0 Å². The molecule has 0 heterocycles. The van der Waals surface area contributed by atoms with Crippen molar-refractivity contribution in [1.29, 1.82) is 0 Å². The molecule has 2 rings (SSSR count). The average molecular weight is 403 g/mol. The summed E-state index contributed by atoms with van der Waals surface area (Å²) in [5, 5.41) is 1.10. The van der Waals surface area contributed by atoms with Crippen molar-refractivity contribution < 1.29 is 85.8 Å². The maximum absolute atomic E-state index is 11.5. The summed E-state index contributed by atoms with van der Waals surface area (Å²) in [6.45, 7) is -0.789. The van der Waals surface area contributed by atoms with Crippen molar-refractivity contribution in [3.8, 4) is 11.5 Å². The van der Waals surface area contributed by atoms with Gasteiger partial charge in [-0.3, -0.25) is 0 Å². The molecule has 0 fully saturated rings. The van der Waals surface area contributed by atoms with Crippen molar-refractivity contribution in [3.63, 3.8) is 0 Å². The zero-order valence-electron chi connectivity index (χ0n) is 15.8. The second-order valence-electron chi connectivity index (χ2n) is 4.33. The molecule has 0 unspecified atom stereocenters. The Labute approximate surface area is 202 Å². The van der Waals surface area contributed by atoms with Gasteiger partial charge < -0.3 is 17.1 Å². The predicted molar refractivity (Wildman–Crippen MR) is 87.2 cm³/mol. The first kappa shape index (κ1) is 24.8. The van der Waals surface area contributed by atoms with Crippen LogP contribution in [-0.4, -0.2) is 25.2 Å². The Bertz CT molecular complexity index is 629. The maximum atomic E-state index is 11.5. The van der Waals surface area contributed by atoms with Gasteiger partial charge in [-0.25, -0.2) is 9.59 Å². The van der Waals surface area contributed by atoms with Gasteiger partial charge in [0.1, 0.15) is 11.5 Å². The van der Waals surface area contributed by atoms with Crippen LogP contribution >= 0.6 is 23.2 Å². The van der Waals surface area contributed by atoms with Crippen molar-refractivity contribution >= 4 is 35.1 Å². The van der Waals surface area contributed by atoms with E-state index in [-0.39, 0.29) is 62.0 Å². The van der Waals surface area contributed by atoms with Gasteiger partial charge in [0, 0.05) is 10.0 Å². The fourth-order valence-corrected chi connectivity index (χ4v) is 1.78. The van der Waals surface area contributed by atoms with Gasteiger partial charge in [0.25, 0.3) is 0 Å². The Balaban J connectivity index is -0.00000144. The molecule has 0 aromatic heterocycles. The van der Waals surface area contributed by atoms with E-state index in [0.29, 0.717) is 21.5 Å². The topological polar surface area (TPSA) is 61.8 Å². The molecule has 5 nitrogen and oxygen atoms in total. The molecular weight excluding hydrogens is 389 g/mol. The van der Waals surface area contributed by atoms with Crippen LogP contribution in [0.5, 0.6) is 11.5 Å². The molecular formula is C16H14Cl2Na2O5. The first-order valence-corrected chi connectivity index (χ1v) is 7.29. The minimum absolute atomic E-state index is 0. The largest absolute Gasteiger partial charge is 1.00 e. The first-order chi connectivity index (χ1) is 11.0. The standard InChI is InChI=1S/C16H12Cl2O5.2Na.2H/c17-11-1-5-13(6-2-11)21-9-15(19)23-16(20)10-22-14-7-3-12(18)4-8-14;;;;/h1-8H,9-10H2;;;;/q;2*+1;2*-1. The fourth-order valence-electron chi connectivity index (χ4n) is 1.53. The molecule has 25 heavy (non-hydrogen) atoms. The minimum atomic E-state index is -0.815. The fraction of sp³-hybridized carbons (Fsp3) is 0.125. The zero-order valence-corrected chi connectivity index (χ0v) is 19.3. The Kier molecular flexibility index (Phi) is 12.9. The first-order valence-electron chi connectivity index (χ1n) is 6.53. The molecule has 2 aromatic rings. The number of benzene rings is 2. The zero-order chi connectivity index (χ0) is 16.7. The molecule has 0 N–H and O–H groups in total. The van der Waals surface area contributed by atoms with Gasteiger partial charge in [-0.15, -0.1) is 0 Å². The summed E-state index contributed by atoms with van der Waals surface area (Å²) in [5.74, 6) is -0.748. The summed E-state index contributed by atoms with van der Waals surface area (Å²) < 4.78 is 14.9.